The van der Waals surface area contributed by atoms with Crippen molar-refractivity contribution in [2.24, 2.45) is 4.99 Å². The number of halogens is 1. The lowest BCUT2D eigenvalue weighted by Gasteiger charge is -2.34. The van der Waals surface area contributed by atoms with E-state index in [1.807, 2.05) is 30.3 Å². The van der Waals surface area contributed by atoms with Gasteiger partial charge in [0.25, 0.3) is 0 Å². The maximum Gasteiger partial charge on any atom is 0.228 e. The first-order valence-electron chi connectivity index (χ1n) is 10.2. The average molecular weight is 513 g/mol. The third-order valence-electron chi connectivity index (χ3n) is 4.71. The molecule has 0 amide bonds. The summed E-state index contributed by atoms with van der Waals surface area (Å²) in [4.78, 5) is 11.5. The summed E-state index contributed by atoms with van der Waals surface area (Å²) in [7, 11) is 0. The van der Waals surface area contributed by atoms with Crippen LogP contribution in [-0.2, 0) is 6.42 Å². The van der Waals surface area contributed by atoms with Crippen LogP contribution in [0.2, 0.25) is 0 Å². The molecule has 1 aliphatic heterocycles. The van der Waals surface area contributed by atoms with Crippen molar-refractivity contribution in [1.29, 1.82) is 0 Å². The van der Waals surface area contributed by atoms with E-state index >= 15 is 0 Å². The van der Waals surface area contributed by atoms with Crippen LogP contribution < -0.4 is 10.1 Å². The largest absolute Gasteiger partial charge is 0.490 e. The van der Waals surface area contributed by atoms with Gasteiger partial charge in [0.1, 0.15) is 11.9 Å². The van der Waals surface area contributed by atoms with Gasteiger partial charge in [-0.3, -0.25) is 4.99 Å². The number of rotatable bonds is 7. The molecule has 0 unspecified atom stereocenters. The Morgan fingerprint density at radius 2 is 2.00 bits per heavy atom. The van der Waals surface area contributed by atoms with Gasteiger partial charge in [-0.25, -0.2) is 0 Å². The summed E-state index contributed by atoms with van der Waals surface area (Å²) in [5, 5.41) is 7.40. The van der Waals surface area contributed by atoms with Gasteiger partial charge in [0.15, 0.2) is 11.8 Å². The molecule has 7 nitrogen and oxygen atoms in total. The summed E-state index contributed by atoms with van der Waals surface area (Å²) in [5.41, 5.74) is 0. The normalized spacial score (nSPS) is 15.3. The lowest BCUT2D eigenvalue weighted by molar-refractivity contribution is 0.129. The summed E-state index contributed by atoms with van der Waals surface area (Å²) in [6, 6.07) is 10.1. The van der Waals surface area contributed by atoms with Gasteiger partial charge in [0.05, 0.1) is 6.54 Å². The molecule has 29 heavy (non-hydrogen) atoms. The Kier molecular flexibility index (Phi) is 9.69. The molecule has 1 aliphatic rings. The number of piperidine rings is 1. The zero-order valence-corrected chi connectivity index (χ0v) is 19.8. The standard InChI is InChI=1S/C21H31N5O2.HI/c1-4-22-21(23-13-10-19-24-20(16(2)3)25-28-19)26-14-11-18(12-15-26)27-17-8-6-5-7-9-17;/h5-9,16,18H,4,10-15H2,1-3H3,(H,22,23);1H. The molecule has 1 saturated heterocycles. The van der Waals surface area contributed by atoms with Crippen LogP contribution in [0.1, 0.15) is 51.2 Å². The van der Waals surface area contributed by atoms with E-state index in [0.717, 1.165) is 50.0 Å². The fourth-order valence-electron chi connectivity index (χ4n) is 3.16. The Morgan fingerprint density at radius 1 is 1.28 bits per heavy atom. The van der Waals surface area contributed by atoms with E-state index in [4.69, 9.17) is 14.3 Å². The molecular weight excluding hydrogens is 481 g/mol. The lowest BCUT2D eigenvalue weighted by Crippen LogP contribution is -2.47. The van der Waals surface area contributed by atoms with E-state index in [1.54, 1.807) is 0 Å². The van der Waals surface area contributed by atoms with Crippen LogP contribution in [0.15, 0.2) is 39.8 Å². The third kappa shape index (κ3) is 7.17. The summed E-state index contributed by atoms with van der Waals surface area (Å²) in [6.07, 6.45) is 2.89. The molecular formula is C21H32IN5O2. The Hall–Kier alpha value is -1.84. The Morgan fingerprint density at radius 3 is 2.62 bits per heavy atom. The Labute approximate surface area is 190 Å². The van der Waals surface area contributed by atoms with Gasteiger partial charge in [0.2, 0.25) is 5.89 Å². The second-order valence-electron chi connectivity index (χ2n) is 7.30. The van der Waals surface area contributed by atoms with Crippen LogP contribution in [0.4, 0.5) is 0 Å². The molecule has 2 aromatic rings. The first kappa shape index (κ1) is 23.4. The molecule has 160 valence electrons. The first-order chi connectivity index (χ1) is 13.7. The maximum atomic E-state index is 6.09. The SMILES string of the molecule is CCNC(=NCCc1nc(C(C)C)no1)N1CCC(Oc2ccccc2)CC1.I. The molecule has 2 heterocycles. The van der Waals surface area contributed by atoms with Gasteiger partial charge in [-0.15, -0.1) is 24.0 Å². The maximum absolute atomic E-state index is 6.09. The van der Waals surface area contributed by atoms with Crippen molar-refractivity contribution in [1.82, 2.24) is 20.4 Å². The van der Waals surface area contributed by atoms with Gasteiger partial charge in [-0.2, -0.15) is 4.98 Å². The summed E-state index contributed by atoms with van der Waals surface area (Å²) in [6.45, 7) is 9.54. The van der Waals surface area contributed by atoms with Crippen molar-refractivity contribution >= 4 is 29.9 Å². The molecule has 0 radical (unpaired) electrons. The monoisotopic (exact) mass is 513 g/mol. The quantitative estimate of drug-likeness (QED) is 0.344. The predicted molar refractivity (Wildman–Crippen MR) is 125 cm³/mol. The molecule has 1 aromatic carbocycles. The van der Waals surface area contributed by atoms with E-state index in [2.05, 4.69) is 41.1 Å². The highest BCUT2D eigenvalue weighted by Crippen LogP contribution is 2.18. The Balaban J connectivity index is 0.00000300. The van der Waals surface area contributed by atoms with Crippen molar-refractivity contribution in [2.45, 2.75) is 52.1 Å². The number of ether oxygens (including phenoxy) is 1. The lowest BCUT2D eigenvalue weighted by atomic mass is 10.1. The van der Waals surface area contributed by atoms with Crippen molar-refractivity contribution in [3.8, 4) is 5.75 Å². The molecule has 1 fully saturated rings. The number of nitrogens with zero attached hydrogens (tertiary/aromatic N) is 4. The van der Waals surface area contributed by atoms with Crippen molar-refractivity contribution < 1.29 is 9.26 Å². The van der Waals surface area contributed by atoms with Crippen LogP contribution in [0.5, 0.6) is 5.75 Å². The van der Waals surface area contributed by atoms with Gasteiger partial charge in [-0.1, -0.05) is 37.2 Å². The van der Waals surface area contributed by atoms with Crippen LogP contribution >= 0.6 is 24.0 Å². The number of guanidine groups is 1. The van der Waals surface area contributed by atoms with E-state index in [-0.39, 0.29) is 36.0 Å². The number of para-hydroxylation sites is 1. The highest BCUT2D eigenvalue weighted by atomic mass is 127. The third-order valence-corrected chi connectivity index (χ3v) is 4.71. The van der Waals surface area contributed by atoms with E-state index < -0.39 is 0 Å². The Bertz CT molecular complexity index is 743. The molecule has 0 bridgehead atoms. The molecule has 0 saturated carbocycles. The average Bonchev–Trinajstić information content (AvgIpc) is 3.18. The number of benzene rings is 1. The molecule has 3 rings (SSSR count). The zero-order chi connectivity index (χ0) is 19.8. The van der Waals surface area contributed by atoms with Gasteiger partial charge < -0.3 is 19.5 Å². The molecule has 1 aromatic heterocycles. The van der Waals surface area contributed by atoms with E-state index in [0.29, 0.717) is 18.9 Å². The highest BCUT2D eigenvalue weighted by molar-refractivity contribution is 14.0. The minimum Gasteiger partial charge on any atom is -0.490 e. The van der Waals surface area contributed by atoms with Crippen molar-refractivity contribution in [3.05, 3.63) is 42.0 Å². The molecule has 8 heteroatoms. The van der Waals surface area contributed by atoms with Gasteiger partial charge >= 0.3 is 0 Å². The number of aliphatic imine (C=N–C) groups is 1. The second kappa shape index (κ2) is 12.0. The number of nitrogens with one attached hydrogen (secondary N) is 1. The first-order valence-corrected chi connectivity index (χ1v) is 10.2. The number of hydrogen-bond donors (Lipinski definition) is 1. The number of likely N-dealkylation sites (tertiary alicyclic amines) is 1. The van der Waals surface area contributed by atoms with E-state index in [1.165, 1.54) is 0 Å². The van der Waals surface area contributed by atoms with Crippen molar-refractivity contribution in [2.75, 3.05) is 26.2 Å². The fourth-order valence-corrected chi connectivity index (χ4v) is 3.16. The second-order valence-corrected chi connectivity index (χ2v) is 7.30. The van der Waals surface area contributed by atoms with E-state index in [9.17, 15) is 0 Å². The van der Waals surface area contributed by atoms with Crippen LogP contribution in [0.3, 0.4) is 0 Å². The molecule has 1 N–H and O–H groups in total. The predicted octanol–water partition coefficient (Wildman–Crippen LogP) is 3.86. The summed E-state index contributed by atoms with van der Waals surface area (Å²) in [5.74, 6) is 3.58. The van der Waals surface area contributed by atoms with Crippen LogP contribution in [0, 0.1) is 0 Å². The van der Waals surface area contributed by atoms with Gasteiger partial charge in [-0.05, 0) is 19.1 Å². The molecule has 0 spiro atoms. The summed E-state index contributed by atoms with van der Waals surface area (Å²) >= 11 is 0. The smallest absolute Gasteiger partial charge is 0.228 e. The summed E-state index contributed by atoms with van der Waals surface area (Å²) < 4.78 is 11.4. The minimum absolute atomic E-state index is 0. The van der Waals surface area contributed by atoms with Crippen molar-refractivity contribution in [3.63, 3.8) is 0 Å². The van der Waals surface area contributed by atoms with Gasteiger partial charge in [0, 0.05) is 44.8 Å². The number of aromatic nitrogens is 2. The molecule has 0 aliphatic carbocycles. The highest BCUT2D eigenvalue weighted by Gasteiger charge is 2.22. The van der Waals surface area contributed by atoms with Crippen LogP contribution in [0.25, 0.3) is 0 Å². The minimum atomic E-state index is 0. The topological polar surface area (TPSA) is 75.8 Å². The zero-order valence-electron chi connectivity index (χ0n) is 17.5. The molecule has 0 atom stereocenters. The fraction of sp³-hybridized carbons (Fsp3) is 0.571. The number of hydrogen-bond acceptors (Lipinski definition) is 5. The van der Waals surface area contributed by atoms with Crippen LogP contribution in [-0.4, -0.2) is 53.3 Å².